The number of rotatable bonds is 4. The van der Waals surface area contributed by atoms with Crippen LogP contribution in [0, 0.1) is 0 Å². The Hall–Kier alpha value is -3.51. The number of nitrogens with two attached hydrogens (primary N) is 2. The summed E-state index contributed by atoms with van der Waals surface area (Å²) in [6.45, 7) is 0. The van der Waals surface area contributed by atoms with Gasteiger partial charge in [0.2, 0.25) is 5.95 Å². The zero-order valence-corrected chi connectivity index (χ0v) is 15.9. The summed E-state index contributed by atoms with van der Waals surface area (Å²) in [5.41, 5.74) is 14.4. The molecule has 0 aliphatic carbocycles. The van der Waals surface area contributed by atoms with E-state index in [9.17, 15) is 0 Å². The second-order valence-electron chi connectivity index (χ2n) is 6.24. The molecule has 0 bridgehead atoms. The SMILES string of the molecule is COc1ccc(N)cc1-c1nc(N)nc(Nc2ccc3ccccc3c2)c1Cl. The van der Waals surface area contributed by atoms with E-state index in [-0.39, 0.29) is 5.95 Å². The van der Waals surface area contributed by atoms with Crippen LogP contribution in [-0.4, -0.2) is 17.1 Å². The van der Waals surface area contributed by atoms with Gasteiger partial charge in [0.1, 0.15) is 16.5 Å². The fourth-order valence-corrected chi connectivity index (χ4v) is 3.27. The normalized spacial score (nSPS) is 10.8. The van der Waals surface area contributed by atoms with Crippen LogP contribution >= 0.6 is 11.6 Å². The number of fused-ring (bicyclic) bond motifs is 1. The smallest absolute Gasteiger partial charge is 0.222 e. The topological polar surface area (TPSA) is 99.1 Å². The number of ether oxygens (including phenoxy) is 1. The zero-order chi connectivity index (χ0) is 19.7. The molecule has 28 heavy (non-hydrogen) atoms. The van der Waals surface area contributed by atoms with Crippen molar-refractivity contribution in [3.8, 4) is 17.0 Å². The largest absolute Gasteiger partial charge is 0.496 e. The third kappa shape index (κ3) is 3.37. The zero-order valence-electron chi connectivity index (χ0n) is 15.1. The van der Waals surface area contributed by atoms with E-state index < -0.39 is 0 Å². The highest BCUT2D eigenvalue weighted by Gasteiger charge is 2.17. The molecule has 0 atom stereocenters. The fourth-order valence-electron chi connectivity index (χ4n) is 3.04. The highest BCUT2D eigenvalue weighted by Crippen LogP contribution is 2.38. The molecular formula is C21H18ClN5O. The molecule has 6 nitrogen and oxygen atoms in total. The lowest BCUT2D eigenvalue weighted by Gasteiger charge is -2.14. The minimum Gasteiger partial charge on any atom is -0.496 e. The Morgan fingerprint density at radius 2 is 1.71 bits per heavy atom. The molecule has 3 aromatic carbocycles. The first kappa shape index (κ1) is 17.9. The van der Waals surface area contributed by atoms with E-state index in [0.717, 1.165) is 16.5 Å². The summed E-state index contributed by atoms with van der Waals surface area (Å²) in [7, 11) is 1.57. The Morgan fingerprint density at radius 1 is 0.929 bits per heavy atom. The number of nitrogens with zero attached hydrogens (tertiary/aromatic N) is 2. The summed E-state index contributed by atoms with van der Waals surface area (Å²) in [5.74, 6) is 1.09. The van der Waals surface area contributed by atoms with Crippen LogP contribution < -0.4 is 21.5 Å². The van der Waals surface area contributed by atoms with Crippen molar-refractivity contribution in [2.75, 3.05) is 23.9 Å². The van der Waals surface area contributed by atoms with Gasteiger partial charge in [0, 0.05) is 16.9 Å². The number of halogens is 1. The number of anilines is 4. The lowest BCUT2D eigenvalue weighted by atomic mass is 10.1. The summed E-state index contributed by atoms with van der Waals surface area (Å²) in [6, 6.07) is 19.3. The van der Waals surface area contributed by atoms with Crippen molar-refractivity contribution in [1.29, 1.82) is 0 Å². The number of nitrogens with one attached hydrogen (secondary N) is 1. The van der Waals surface area contributed by atoms with Gasteiger partial charge in [-0.15, -0.1) is 0 Å². The predicted molar refractivity (Wildman–Crippen MR) is 115 cm³/mol. The van der Waals surface area contributed by atoms with Gasteiger partial charge in [-0.3, -0.25) is 0 Å². The van der Waals surface area contributed by atoms with Crippen molar-refractivity contribution in [3.63, 3.8) is 0 Å². The molecular weight excluding hydrogens is 374 g/mol. The van der Waals surface area contributed by atoms with E-state index in [2.05, 4.69) is 21.4 Å². The maximum atomic E-state index is 6.63. The molecule has 0 spiro atoms. The van der Waals surface area contributed by atoms with Gasteiger partial charge < -0.3 is 21.5 Å². The molecule has 0 amide bonds. The van der Waals surface area contributed by atoms with Crippen LogP contribution in [0.3, 0.4) is 0 Å². The second kappa shape index (κ2) is 7.25. The number of aromatic nitrogens is 2. The van der Waals surface area contributed by atoms with Crippen molar-refractivity contribution < 1.29 is 4.74 Å². The summed E-state index contributed by atoms with van der Waals surface area (Å²) in [6.07, 6.45) is 0. The highest BCUT2D eigenvalue weighted by atomic mass is 35.5. The Labute approximate surface area is 167 Å². The molecule has 0 saturated heterocycles. The predicted octanol–water partition coefficient (Wildman–Crippen LogP) is 4.87. The van der Waals surface area contributed by atoms with Gasteiger partial charge in [-0.2, -0.15) is 4.98 Å². The average Bonchev–Trinajstić information content (AvgIpc) is 2.70. The van der Waals surface area contributed by atoms with E-state index in [1.165, 1.54) is 0 Å². The summed E-state index contributed by atoms with van der Waals surface area (Å²) in [4.78, 5) is 8.57. The number of nitrogen functional groups attached to an aromatic ring is 2. The fraction of sp³-hybridized carbons (Fsp3) is 0.0476. The molecule has 140 valence electrons. The quantitative estimate of drug-likeness (QED) is 0.429. The molecule has 1 heterocycles. The van der Waals surface area contributed by atoms with E-state index in [1.807, 2.05) is 36.4 Å². The number of methoxy groups -OCH3 is 1. The molecule has 7 heteroatoms. The standard InChI is InChI=1S/C21H18ClN5O/c1-28-17-9-7-14(23)11-16(17)19-18(22)20(27-21(24)26-19)25-15-8-6-12-4-2-3-5-13(12)10-15/h2-11H,23H2,1H3,(H3,24,25,26,27). The highest BCUT2D eigenvalue weighted by molar-refractivity contribution is 6.35. The molecule has 0 radical (unpaired) electrons. The van der Waals surface area contributed by atoms with Crippen LogP contribution in [-0.2, 0) is 0 Å². The van der Waals surface area contributed by atoms with Gasteiger partial charge in [-0.05, 0) is 41.1 Å². The van der Waals surface area contributed by atoms with Crippen molar-refractivity contribution in [3.05, 3.63) is 65.7 Å². The monoisotopic (exact) mass is 391 g/mol. The van der Waals surface area contributed by atoms with Gasteiger partial charge in [0.25, 0.3) is 0 Å². The summed E-state index contributed by atoms with van der Waals surface area (Å²) >= 11 is 6.63. The molecule has 0 aliphatic rings. The second-order valence-corrected chi connectivity index (χ2v) is 6.62. The first-order valence-corrected chi connectivity index (χ1v) is 8.95. The number of hydrogen-bond donors (Lipinski definition) is 3. The van der Waals surface area contributed by atoms with Gasteiger partial charge in [0.15, 0.2) is 5.82 Å². The van der Waals surface area contributed by atoms with Crippen molar-refractivity contribution in [1.82, 2.24) is 9.97 Å². The van der Waals surface area contributed by atoms with E-state index in [1.54, 1.807) is 25.3 Å². The van der Waals surface area contributed by atoms with Crippen LogP contribution in [0.2, 0.25) is 5.02 Å². The van der Waals surface area contributed by atoms with E-state index in [4.69, 9.17) is 27.8 Å². The van der Waals surface area contributed by atoms with Gasteiger partial charge in [-0.25, -0.2) is 4.98 Å². The van der Waals surface area contributed by atoms with Crippen LogP contribution in [0.25, 0.3) is 22.0 Å². The lowest BCUT2D eigenvalue weighted by Crippen LogP contribution is -2.04. The molecule has 5 N–H and O–H groups in total. The third-order valence-corrected chi connectivity index (χ3v) is 4.72. The molecule has 0 unspecified atom stereocenters. The first-order valence-electron chi connectivity index (χ1n) is 8.58. The van der Waals surface area contributed by atoms with Gasteiger partial charge in [-0.1, -0.05) is 41.9 Å². The Morgan fingerprint density at radius 3 is 2.50 bits per heavy atom. The molecule has 0 saturated carbocycles. The minimum atomic E-state index is 0.0900. The van der Waals surface area contributed by atoms with Gasteiger partial charge in [0.05, 0.1) is 7.11 Å². The number of hydrogen-bond acceptors (Lipinski definition) is 6. The van der Waals surface area contributed by atoms with Crippen molar-refractivity contribution >= 4 is 45.5 Å². The van der Waals surface area contributed by atoms with Crippen molar-refractivity contribution in [2.24, 2.45) is 0 Å². The van der Waals surface area contributed by atoms with Gasteiger partial charge >= 0.3 is 0 Å². The molecule has 4 aromatic rings. The maximum Gasteiger partial charge on any atom is 0.222 e. The molecule has 0 aliphatic heterocycles. The first-order chi connectivity index (χ1) is 13.5. The lowest BCUT2D eigenvalue weighted by molar-refractivity contribution is 0.416. The van der Waals surface area contributed by atoms with Crippen LogP contribution in [0.15, 0.2) is 60.7 Å². The van der Waals surface area contributed by atoms with Crippen LogP contribution in [0.5, 0.6) is 5.75 Å². The molecule has 0 fully saturated rings. The summed E-state index contributed by atoms with van der Waals surface area (Å²) < 4.78 is 5.42. The maximum absolute atomic E-state index is 6.63. The minimum absolute atomic E-state index is 0.0900. The Bertz CT molecular complexity index is 1180. The Kier molecular flexibility index (Phi) is 4.63. The van der Waals surface area contributed by atoms with Crippen LogP contribution in [0.4, 0.5) is 23.1 Å². The van der Waals surface area contributed by atoms with E-state index >= 15 is 0 Å². The Balaban J connectivity index is 1.79. The average molecular weight is 392 g/mol. The number of benzene rings is 3. The third-order valence-electron chi connectivity index (χ3n) is 4.36. The van der Waals surface area contributed by atoms with Crippen molar-refractivity contribution in [2.45, 2.75) is 0 Å². The molecule has 4 rings (SSSR count). The van der Waals surface area contributed by atoms with E-state index in [0.29, 0.717) is 33.5 Å². The summed E-state index contributed by atoms with van der Waals surface area (Å²) in [5, 5.41) is 5.80. The molecule has 1 aromatic heterocycles. The van der Waals surface area contributed by atoms with Crippen LogP contribution in [0.1, 0.15) is 0 Å².